The second-order valence-corrected chi connectivity index (χ2v) is 4.70. The van der Waals surface area contributed by atoms with Crippen LogP contribution in [-0.2, 0) is 4.79 Å². The van der Waals surface area contributed by atoms with Gasteiger partial charge in [-0.1, -0.05) is 18.2 Å². The van der Waals surface area contributed by atoms with Crippen LogP contribution in [0.4, 0.5) is 11.4 Å². The molecule has 2 rings (SSSR count). The van der Waals surface area contributed by atoms with Gasteiger partial charge >= 0.3 is 0 Å². The standard InChI is InChI=1S/C16H16N2O5/c1-11(23-13-6-4-3-5-7-13)16(19)17-14-10-12(18(20)21)8-9-15(14)22-2/h3-11H,1-2H3,(H,17,19)/t11-/m0/s1. The first-order valence-corrected chi connectivity index (χ1v) is 6.86. The predicted octanol–water partition coefficient (Wildman–Crippen LogP) is 3.01. The van der Waals surface area contributed by atoms with Gasteiger partial charge in [0.1, 0.15) is 11.5 Å². The van der Waals surface area contributed by atoms with Crippen molar-refractivity contribution in [1.29, 1.82) is 0 Å². The van der Waals surface area contributed by atoms with Gasteiger partial charge in [0.15, 0.2) is 6.10 Å². The van der Waals surface area contributed by atoms with E-state index < -0.39 is 16.9 Å². The van der Waals surface area contributed by atoms with E-state index in [2.05, 4.69) is 5.32 Å². The molecule has 23 heavy (non-hydrogen) atoms. The zero-order valence-electron chi connectivity index (χ0n) is 12.7. The van der Waals surface area contributed by atoms with Crippen molar-refractivity contribution in [3.8, 4) is 11.5 Å². The van der Waals surface area contributed by atoms with Crippen LogP contribution in [-0.4, -0.2) is 24.0 Å². The number of ether oxygens (including phenoxy) is 2. The summed E-state index contributed by atoms with van der Waals surface area (Å²) in [7, 11) is 1.42. The second-order valence-electron chi connectivity index (χ2n) is 4.70. The molecule has 0 aliphatic carbocycles. The second kappa shape index (κ2) is 7.26. The fourth-order valence-electron chi connectivity index (χ4n) is 1.90. The molecule has 0 saturated heterocycles. The van der Waals surface area contributed by atoms with Gasteiger partial charge in [-0.3, -0.25) is 14.9 Å². The molecule has 7 heteroatoms. The highest BCUT2D eigenvalue weighted by Gasteiger charge is 2.18. The Balaban J connectivity index is 2.12. The fraction of sp³-hybridized carbons (Fsp3) is 0.188. The number of hydrogen-bond donors (Lipinski definition) is 1. The highest BCUT2D eigenvalue weighted by molar-refractivity contribution is 5.95. The number of methoxy groups -OCH3 is 1. The minimum Gasteiger partial charge on any atom is -0.495 e. The van der Waals surface area contributed by atoms with Crippen molar-refractivity contribution >= 4 is 17.3 Å². The maximum absolute atomic E-state index is 12.2. The molecule has 0 unspecified atom stereocenters. The molecule has 0 aliphatic heterocycles. The smallest absolute Gasteiger partial charge is 0.271 e. The van der Waals surface area contributed by atoms with Crippen molar-refractivity contribution in [2.45, 2.75) is 13.0 Å². The molecule has 120 valence electrons. The molecule has 0 radical (unpaired) electrons. The monoisotopic (exact) mass is 316 g/mol. The quantitative estimate of drug-likeness (QED) is 0.653. The molecule has 0 spiro atoms. The van der Waals surface area contributed by atoms with Crippen LogP contribution < -0.4 is 14.8 Å². The zero-order chi connectivity index (χ0) is 16.8. The SMILES string of the molecule is COc1ccc([N+](=O)[O-])cc1NC(=O)[C@H](C)Oc1ccccc1. The number of anilines is 1. The van der Waals surface area contributed by atoms with E-state index in [-0.39, 0.29) is 11.4 Å². The van der Waals surface area contributed by atoms with Crippen LogP contribution in [0.15, 0.2) is 48.5 Å². The summed E-state index contributed by atoms with van der Waals surface area (Å²) in [5.41, 5.74) is 0.0768. The molecule has 2 aromatic rings. The Morgan fingerprint density at radius 3 is 2.52 bits per heavy atom. The summed E-state index contributed by atoms with van der Waals surface area (Å²) in [4.78, 5) is 22.5. The van der Waals surface area contributed by atoms with Crippen molar-refractivity contribution in [3.63, 3.8) is 0 Å². The van der Waals surface area contributed by atoms with Crippen molar-refractivity contribution < 1.29 is 19.2 Å². The minimum atomic E-state index is -0.777. The van der Waals surface area contributed by atoms with Crippen LogP contribution in [0, 0.1) is 10.1 Å². The lowest BCUT2D eigenvalue weighted by atomic mass is 10.2. The van der Waals surface area contributed by atoms with Gasteiger partial charge in [0.05, 0.1) is 17.7 Å². The summed E-state index contributed by atoms with van der Waals surface area (Å²) >= 11 is 0. The molecule has 0 saturated carbocycles. The van der Waals surface area contributed by atoms with Crippen LogP contribution in [0.3, 0.4) is 0 Å². The van der Waals surface area contributed by atoms with E-state index >= 15 is 0 Å². The van der Waals surface area contributed by atoms with Gasteiger partial charge in [-0.25, -0.2) is 0 Å². The average Bonchev–Trinajstić information content (AvgIpc) is 2.55. The van der Waals surface area contributed by atoms with Crippen LogP contribution in [0.25, 0.3) is 0 Å². The maximum atomic E-state index is 12.2. The van der Waals surface area contributed by atoms with Gasteiger partial charge in [0.25, 0.3) is 11.6 Å². The van der Waals surface area contributed by atoms with E-state index in [0.29, 0.717) is 11.5 Å². The van der Waals surface area contributed by atoms with Crippen molar-refractivity contribution in [1.82, 2.24) is 0 Å². The van der Waals surface area contributed by atoms with Crippen molar-refractivity contribution in [3.05, 3.63) is 58.6 Å². The van der Waals surface area contributed by atoms with Crippen molar-refractivity contribution in [2.75, 3.05) is 12.4 Å². The first kappa shape index (κ1) is 16.3. The lowest BCUT2D eigenvalue weighted by Gasteiger charge is -2.16. The fourth-order valence-corrected chi connectivity index (χ4v) is 1.90. The number of nitrogens with one attached hydrogen (secondary N) is 1. The summed E-state index contributed by atoms with van der Waals surface area (Å²) in [5.74, 6) is 0.449. The Bertz CT molecular complexity index is 703. The third-order valence-corrected chi connectivity index (χ3v) is 3.08. The number of hydrogen-bond acceptors (Lipinski definition) is 5. The van der Waals surface area contributed by atoms with Gasteiger partial charge in [0, 0.05) is 12.1 Å². The van der Waals surface area contributed by atoms with Gasteiger partial charge in [-0.2, -0.15) is 0 Å². The average molecular weight is 316 g/mol. The summed E-state index contributed by atoms with van der Waals surface area (Å²) in [6.45, 7) is 1.59. The van der Waals surface area contributed by atoms with E-state index in [1.807, 2.05) is 6.07 Å². The Hall–Kier alpha value is -3.09. The van der Waals surface area contributed by atoms with Gasteiger partial charge in [-0.05, 0) is 25.1 Å². The van der Waals surface area contributed by atoms with E-state index in [1.54, 1.807) is 31.2 Å². The number of amides is 1. The number of nitrogens with zero attached hydrogens (tertiary/aromatic N) is 1. The van der Waals surface area contributed by atoms with Crippen LogP contribution >= 0.6 is 0 Å². The lowest BCUT2D eigenvalue weighted by Crippen LogP contribution is -2.30. The third-order valence-electron chi connectivity index (χ3n) is 3.08. The number of carbonyl (C=O) groups is 1. The largest absolute Gasteiger partial charge is 0.495 e. The first-order chi connectivity index (χ1) is 11.0. The Labute approximate surface area is 133 Å². The summed E-state index contributed by atoms with van der Waals surface area (Å²) in [6.07, 6.45) is -0.777. The topological polar surface area (TPSA) is 90.7 Å². The highest BCUT2D eigenvalue weighted by atomic mass is 16.6. The molecule has 0 heterocycles. The van der Waals surface area contributed by atoms with Gasteiger partial charge < -0.3 is 14.8 Å². The highest BCUT2D eigenvalue weighted by Crippen LogP contribution is 2.29. The van der Waals surface area contributed by atoms with E-state index in [1.165, 1.54) is 25.3 Å². The predicted molar refractivity (Wildman–Crippen MR) is 84.8 cm³/mol. The number of benzene rings is 2. The Morgan fingerprint density at radius 1 is 1.22 bits per heavy atom. The molecule has 0 aliphatic rings. The summed E-state index contributed by atoms with van der Waals surface area (Å²) < 4.78 is 10.6. The Morgan fingerprint density at radius 2 is 1.91 bits per heavy atom. The van der Waals surface area contributed by atoms with Crippen LogP contribution in [0.1, 0.15) is 6.92 Å². The molecule has 0 fully saturated rings. The number of non-ortho nitro benzene ring substituents is 1. The molecular formula is C16H16N2O5. The number of nitro groups is 1. The minimum absolute atomic E-state index is 0.141. The van der Waals surface area contributed by atoms with E-state index in [0.717, 1.165) is 0 Å². The zero-order valence-corrected chi connectivity index (χ0v) is 12.7. The van der Waals surface area contributed by atoms with Crippen molar-refractivity contribution in [2.24, 2.45) is 0 Å². The van der Waals surface area contributed by atoms with E-state index in [4.69, 9.17) is 9.47 Å². The van der Waals surface area contributed by atoms with Crippen LogP contribution in [0.5, 0.6) is 11.5 Å². The number of nitro benzene ring substituents is 1. The third kappa shape index (κ3) is 4.19. The maximum Gasteiger partial charge on any atom is 0.271 e. The first-order valence-electron chi connectivity index (χ1n) is 6.86. The molecule has 2 aromatic carbocycles. The molecule has 0 aromatic heterocycles. The summed E-state index contributed by atoms with van der Waals surface area (Å²) in [6, 6.07) is 12.9. The lowest BCUT2D eigenvalue weighted by molar-refractivity contribution is -0.384. The molecule has 1 N–H and O–H groups in total. The number of para-hydroxylation sites is 1. The van der Waals surface area contributed by atoms with Gasteiger partial charge in [-0.15, -0.1) is 0 Å². The normalized spacial score (nSPS) is 11.4. The van der Waals surface area contributed by atoms with Gasteiger partial charge in [0.2, 0.25) is 0 Å². The number of carbonyl (C=O) groups excluding carboxylic acids is 1. The molecule has 0 bridgehead atoms. The molecule has 7 nitrogen and oxygen atoms in total. The molecule has 1 atom stereocenters. The molecule has 1 amide bonds. The van der Waals surface area contributed by atoms with Crippen LogP contribution in [0.2, 0.25) is 0 Å². The molecular weight excluding hydrogens is 300 g/mol. The Kier molecular flexibility index (Phi) is 5.14. The van der Waals surface area contributed by atoms with E-state index in [9.17, 15) is 14.9 Å². The summed E-state index contributed by atoms with van der Waals surface area (Å²) in [5, 5.41) is 13.4. The number of rotatable bonds is 6.